The van der Waals surface area contributed by atoms with Crippen molar-refractivity contribution in [2.45, 2.75) is 98.8 Å². The first kappa shape index (κ1) is 25.7. The van der Waals surface area contributed by atoms with Gasteiger partial charge in [0.1, 0.15) is 6.07 Å². The molecule has 0 spiro atoms. The highest BCUT2D eigenvalue weighted by Gasteiger charge is 2.69. The molecule has 0 saturated heterocycles. The van der Waals surface area contributed by atoms with Crippen molar-refractivity contribution in [3.63, 3.8) is 0 Å². The number of carbonyl (C=O) groups excluding carboxylic acids is 2. The predicted octanol–water partition coefficient (Wildman–Crippen LogP) is 6.54. The van der Waals surface area contributed by atoms with Gasteiger partial charge in [-0.05, 0) is 79.1 Å². The van der Waals surface area contributed by atoms with E-state index in [-0.39, 0.29) is 56.6 Å². The molecule has 1 aromatic heterocycles. The quantitative estimate of drug-likeness (QED) is 0.421. The van der Waals surface area contributed by atoms with E-state index in [1.54, 1.807) is 0 Å². The lowest BCUT2D eigenvalue weighted by molar-refractivity contribution is -0.166. The van der Waals surface area contributed by atoms with Crippen LogP contribution in [-0.4, -0.2) is 21.8 Å². The molecule has 1 aromatic rings. The summed E-state index contributed by atoms with van der Waals surface area (Å²) in [4.78, 5) is 27.7. The summed E-state index contributed by atoms with van der Waals surface area (Å²) in [5.74, 6) is 1.08. The second kappa shape index (κ2) is 7.55. The minimum Gasteiger partial charge on any atom is -0.427 e. The molecule has 6 heteroatoms. The number of ketones is 2. The Hall–Kier alpha value is -2.55. The summed E-state index contributed by atoms with van der Waals surface area (Å²) in [6.45, 7) is 15.5. The van der Waals surface area contributed by atoms with E-state index in [1.807, 2.05) is 26.0 Å². The molecule has 6 rings (SSSR count). The van der Waals surface area contributed by atoms with E-state index < -0.39 is 10.8 Å². The molecule has 5 aliphatic rings. The molecule has 0 radical (unpaired) electrons. The van der Waals surface area contributed by atoms with E-state index in [2.05, 4.69) is 50.9 Å². The fraction of sp³-hybridized carbons (Fsp3) is 0.719. The minimum atomic E-state index is -0.641. The van der Waals surface area contributed by atoms with Gasteiger partial charge in [-0.3, -0.25) is 9.59 Å². The molecule has 202 valence electrons. The van der Waals surface area contributed by atoms with E-state index in [1.165, 1.54) is 6.39 Å². The van der Waals surface area contributed by atoms with Gasteiger partial charge in [0.2, 0.25) is 12.3 Å². The first-order valence-electron chi connectivity index (χ1n) is 14.4. The summed E-state index contributed by atoms with van der Waals surface area (Å²) in [6.07, 6.45) is 12.2. The number of rotatable bonds is 1. The molecule has 1 heterocycles. The van der Waals surface area contributed by atoms with Crippen molar-refractivity contribution in [3.8, 4) is 6.07 Å². The third-order valence-corrected chi connectivity index (χ3v) is 12.9. The number of nitriles is 1. The molecule has 0 aromatic carbocycles. The highest BCUT2D eigenvalue weighted by Crippen LogP contribution is 2.74. The lowest BCUT2D eigenvalue weighted by atomic mass is 9.34. The third-order valence-electron chi connectivity index (χ3n) is 12.9. The maximum absolute atomic E-state index is 14.4. The summed E-state index contributed by atoms with van der Waals surface area (Å²) >= 11 is 0. The van der Waals surface area contributed by atoms with Gasteiger partial charge in [-0.15, -0.1) is 10.2 Å². The number of aromatic nitrogens is 2. The Bertz CT molecular complexity index is 1330. The van der Waals surface area contributed by atoms with E-state index in [0.29, 0.717) is 5.89 Å². The molecule has 6 nitrogen and oxygen atoms in total. The number of hydrogen-bond donors (Lipinski definition) is 0. The Labute approximate surface area is 226 Å². The van der Waals surface area contributed by atoms with Crippen molar-refractivity contribution < 1.29 is 14.0 Å². The van der Waals surface area contributed by atoms with Crippen LogP contribution >= 0.6 is 0 Å². The molecule has 3 saturated carbocycles. The fourth-order valence-corrected chi connectivity index (χ4v) is 10.3. The van der Waals surface area contributed by atoms with Gasteiger partial charge < -0.3 is 4.42 Å². The van der Waals surface area contributed by atoms with Crippen molar-refractivity contribution in [3.05, 3.63) is 35.6 Å². The maximum Gasteiger partial charge on any atom is 0.222 e. The van der Waals surface area contributed by atoms with Crippen LogP contribution < -0.4 is 0 Å². The Balaban J connectivity index is 1.49. The number of carbonyl (C=O) groups is 2. The van der Waals surface area contributed by atoms with Crippen molar-refractivity contribution in [1.82, 2.24) is 10.2 Å². The first-order chi connectivity index (χ1) is 17.7. The van der Waals surface area contributed by atoms with Gasteiger partial charge in [0, 0.05) is 22.2 Å². The number of allylic oxidation sites excluding steroid dienone is 4. The zero-order valence-electron chi connectivity index (χ0n) is 24.0. The molecule has 5 aliphatic carbocycles. The van der Waals surface area contributed by atoms with Crippen LogP contribution in [0.4, 0.5) is 0 Å². The summed E-state index contributed by atoms with van der Waals surface area (Å²) in [6, 6.07) is 2.20. The average molecular weight is 516 g/mol. The van der Waals surface area contributed by atoms with E-state index in [0.717, 1.165) is 50.5 Å². The van der Waals surface area contributed by atoms with Gasteiger partial charge >= 0.3 is 0 Å². The molecule has 0 bridgehead atoms. The van der Waals surface area contributed by atoms with Crippen LogP contribution in [0.1, 0.15) is 99.3 Å². The van der Waals surface area contributed by atoms with Crippen molar-refractivity contribution in [1.29, 1.82) is 5.26 Å². The Kier molecular flexibility index (Phi) is 5.11. The van der Waals surface area contributed by atoms with Gasteiger partial charge in [0.15, 0.2) is 11.6 Å². The molecule has 38 heavy (non-hydrogen) atoms. The third kappa shape index (κ3) is 2.94. The second-order valence-electron chi connectivity index (χ2n) is 15.1. The number of hydrogen-bond acceptors (Lipinski definition) is 6. The normalized spacial score (nSPS) is 47.5. The summed E-state index contributed by atoms with van der Waals surface area (Å²) in [7, 11) is 0. The van der Waals surface area contributed by atoms with Crippen LogP contribution in [0.5, 0.6) is 0 Å². The van der Waals surface area contributed by atoms with Crippen LogP contribution in [0.15, 0.2) is 34.1 Å². The van der Waals surface area contributed by atoms with E-state index >= 15 is 0 Å². The largest absolute Gasteiger partial charge is 0.427 e. The zero-order valence-corrected chi connectivity index (χ0v) is 24.0. The van der Waals surface area contributed by atoms with Gasteiger partial charge in [-0.1, -0.05) is 60.1 Å². The van der Waals surface area contributed by atoms with Gasteiger partial charge in [-0.2, -0.15) is 5.26 Å². The summed E-state index contributed by atoms with van der Waals surface area (Å²) < 4.78 is 5.72. The van der Waals surface area contributed by atoms with Crippen LogP contribution in [0.3, 0.4) is 0 Å². The predicted molar refractivity (Wildman–Crippen MR) is 142 cm³/mol. The highest BCUT2D eigenvalue weighted by atomic mass is 16.4. The Morgan fingerprint density at radius 3 is 2.37 bits per heavy atom. The van der Waals surface area contributed by atoms with Gasteiger partial charge in [0.05, 0.1) is 5.57 Å². The van der Waals surface area contributed by atoms with Crippen LogP contribution in [0.25, 0.3) is 0 Å². The van der Waals surface area contributed by atoms with Crippen LogP contribution in [0.2, 0.25) is 0 Å². The SMILES string of the molecule is CC1(C)C(=O)C(C#N)=C[C@]2(C)C3=CC(=O)C4C5C[C@@](C)(c6nnco6)CC[C@]5(C)CC[C@@]4(C)[C@]3(C)CC[C@@H]12. The molecular formula is C32H41N3O3. The number of Topliss-reactive ketones (excluding diaryl/α,β-unsaturated/α-hetero) is 1. The van der Waals surface area contributed by atoms with Crippen molar-refractivity contribution >= 4 is 11.6 Å². The number of fused-ring (bicyclic) bond motifs is 7. The van der Waals surface area contributed by atoms with E-state index in [4.69, 9.17) is 4.42 Å². The zero-order chi connectivity index (χ0) is 27.5. The molecular weight excluding hydrogens is 474 g/mol. The fourth-order valence-electron chi connectivity index (χ4n) is 10.3. The van der Waals surface area contributed by atoms with Gasteiger partial charge in [0.25, 0.3) is 0 Å². The lowest BCUT2D eigenvalue weighted by Gasteiger charge is -2.69. The highest BCUT2D eigenvalue weighted by molar-refractivity contribution is 6.04. The molecule has 2 unspecified atom stereocenters. The molecule has 0 aliphatic heterocycles. The summed E-state index contributed by atoms with van der Waals surface area (Å²) in [5, 5.41) is 18.2. The monoisotopic (exact) mass is 515 g/mol. The standard InChI is InChI=1S/C32H41N3O3/c1-27(2)22-8-9-31(6)23(30(22,5)15-19(17-33)25(27)37)14-21(36)24-20-16-29(4,26-35-34-18-38-26)11-10-28(20,3)12-13-32(24,31)7/h14-15,18,20,22,24H,8-13,16H2,1-7H3/t20?,22-,24?,28+,29-,30-,31+,32+/m0/s1. The van der Waals surface area contributed by atoms with Gasteiger partial charge in [-0.25, -0.2) is 0 Å². The number of nitrogens with zero attached hydrogens (tertiary/aromatic N) is 3. The van der Waals surface area contributed by atoms with Crippen LogP contribution in [0, 0.1) is 56.2 Å². The Morgan fingerprint density at radius 2 is 1.71 bits per heavy atom. The lowest BCUT2D eigenvalue weighted by Crippen LogP contribution is -2.64. The average Bonchev–Trinajstić information content (AvgIpc) is 3.40. The van der Waals surface area contributed by atoms with E-state index in [9.17, 15) is 14.9 Å². The first-order valence-corrected chi connectivity index (χ1v) is 14.4. The van der Waals surface area contributed by atoms with Crippen molar-refractivity contribution in [2.75, 3.05) is 0 Å². The summed E-state index contributed by atoms with van der Waals surface area (Å²) in [5.41, 5.74) is -0.255. The molecule has 3 fully saturated rings. The van der Waals surface area contributed by atoms with Crippen LogP contribution in [-0.2, 0) is 15.0 Å². The Morgan fingerprint density at radius 1 is 1.00 bits per heavy atom. The minimum absolute atomic E-state index is 0.0612. The van der Waals surface area contributed by atoms with Crippen molar-refractivity contribution in [2.24, 2.45) is 44.8 Å². The smallest absolute Gasteiger partial charge is 0.222 e. The second-order valence-corrected chi connectivity index (χ2v) is 15.1. The molecule has 8 atom stereocenters. The molecule has 0 N–H and O–H groups in total. The maximum atomic E-state index is 14.4. The molecule has 0 amide bonds. The topological polar surface area (TPSA) is 96.8 Å².